The molecule has 0 aromatic heterocycles. The Balaban J connectivity index is 1.49. The minimum atomic E-state index is -0.0572. The summed E-state index contributed by atoms with van der Waals surface area (Å²) < 4.78 is 5.56. The van der Waals surface area contributed by atoms with E-state index in [2.05, 4.69) is 41.4 Å². The molecule has 1 atom stereocenters. The standard InChI is InChI=1S/C23H31N3O2/c1-4-28-22-10-6-9-21(16-22)19(3)24-23(27)26-13-11-25(12-14-26)17-20-8-5-7-18(2)15-20/h5-10,15-16,19H,4,11-14,17H2,1-3H3,(H,24,27). The number of rotatable bonds is 6. The Morgan fingerprint density at radius 1 is 1.11 bits per heavy atom. The van der Waals surface area contributed by atoms with Gasteiger partial charge in [0, 0.05) is 32.7 Å². The molecule has 0 saturated carbocycles. The molecule has 0 bridgehead atoms. The molecule has 5 heteroatoms. The van der Waals surface area contributed by atoms with Crippen LogP contribution in [0.3, 0.4) is 0 Å². The fourth-order valence-electron chi connectivity index (χ4n) is 3.58. The number of benzene rings is 2. The van der Waals surface area contributed by atoms with Crippen LogP contribution in [0.4, 0.5) is 4.79 Å². The van der Waals surface area contributed by atoms with Gasteiger partial charge < -0.3 is 15.0 Å². The van der Waals surface area contributed by atoms with Gasteiger partial charge in [-0.1, -0.05) is 42.0 Å². The average Bonchev–Trinajstić information content (AvgIpc) is 2.69. The second-order valence-corrected chi connectivity index (χ2v) is 7.43. The summed E-state index contributed by atoms with van der Waals surface area (Å²) in [5.74, 6) is 0.839. The molecule has 2 aromatic rings. The molecule has 1 heterocycles. The molecule has 1 fully saturated rings. The molecule has 28 heavy (non-hydrogen) atoms. The van der Waals surface area contributed by atoms with E-state index in [-0.39, 0.29) is 12.1 Å². The van der Waals surface area contributed by atoms with Crippen LogP contribution in [0.1, 0.15) is 36.6 Å². The number of hydrogen-bond acceptors (Lipinski definition) is 3. The summed E-state index contributed by atoms with van der Waals surface area (Å²) in [6.45, 7) is 11.0. The molecule has 1 N–H and O–H groups in total. The summed E-state index contributed by atoms with van der Waals surface area (Å²) in [5, 5.41) is 3.12. The van der Waals surface area contributed by atoms with Gasteiger partial charge in [0.05, 0.1) is 12.6 Å². The van der Waals surface area contributed by atoms with Gasteiger partial charge in [0.1, 0.15) is 5.75 Å². The van der Waals surface area contributed by atoms with Gasteiger partial charge in [-0.3, -0.25) is 4.90 Å². The van der Waals surface area contributed by atoms with Crippen LogP contribution in [0.15, 0.2) is 48.5 Å². The first-order valence-corrected chi connectivity index (χ1v) is 10.1. The fourth-order valence-corrected chi connectivity index (χ4v) is 3.58. The summed E-state index contributed by atoms with van der Waals surface area (Å²) in [4.78, 5) is 17.0. The van der Waals surface area contributed by atoms with E-state index in [0.29, 0.717) is 6.61 Å². The van der Waals surface area contributed by atoms with Gasteiger partial charge in [0.25, 0.3) is 0 Å². The summed E-state index contributed by atoms with van der Waals surface area (Å²) in [6, 6.07) is 16.5. The zero-order valence-corrected chi connectivity index (χ0v) is 17.1. The Morgan fingerprint density at radius 3 is 2.57 bits per heavy atom. The van der Waals surface area contributed by atoms with Crippen molar-refractivity contribution >= 4 is 6.03 Å². The first-order valence-electron chi connectivity index (χ1n) is 10.1. The lowest BCUT2D eigenvalue weighted by Crippen LogP contribution is -2.51. The lowest BCUT2D eigenvalue weighted by Gasteiger charge is -2.35. The Hall–Kier alpha value is -2.53. The van der Waals surface area contributed by atoms with Crippen LogP contribution in [0.2, 0.25) is 0 Å². The van der Waals surface area contributed by atoms with Crippen molar-refractivity contribution < 1.29 is 9.53 Å². The van der Waals surface area contributed by atoms with E-state index in [1.54, 1.807) is 0 Å². The van der Waals surface area contributed by atoms with E-state index in [1.807, 2.05) is 43.0 Å². The van der Waals surface area contributed by atoms with Crippen LogP contribution < -0.4 is 10.1 Å². The maximum Gasteiger partial charge on any atom is 0.317 e. The number of ether oxygens (including phenoxy) is 1. The number of amides is 2. The highest BCUT2D eigenvalue weighted by Crippen LogP contribution is 2.19. The second-order valence-electron chi connectivity index (χ2n) is 7.43. The zero-order valence-electron chi connectivity index (χ0n) is 17.1. The highest BCUT2D eigenvalue weighted by atomic mass is 16.5. The maximum absolute atomic E-state index is 12.7. The first-order chi connectivity index (χ1) is 13.5. The van der Waals surface area contributed by atoms with Crippen LogP contribution in [0.25, 0.3) is 0 Å². The van der Waals surface area contributed by atoms with Crippen molar-refractivity contribution in [1.82, 2.24) is 15.1 Å². The van der Waals surface area contributed by atoms with E-state index in [4.69, 9.17) is 4.74 Å². The molecule has 1 unspecified atom stereocenters. The third kappa shape index (κ3) is 5.49. The smallest absolute Gasteiger partial charge is 0.317 e. The van der Waals surface area contributed by atoms with Gasteiger partial charge in [0.2, 0.25) is 0 Å². The number of hydrogen-bond donors (Lipinski definition) is 1. The highest BCUT2D eigenvalue weighted by molar-refractivity contribution is 5.74. The molecule has 0 spiro atoms. The Bertz CT molecular complexity index is 785. The van der Waals surface area contributed by atoms with Gasteiger partial charge in [-0.2, -0.15) is 0 Å². The number of carbonyl (C=O) groups excluding carboxylic acids is 1. The largest absolute Gasteiger partial charge is 0.494 e. The Kier molecular flexibility index (Phi) is 6.93. The van der Waals surface area contributed by atoms with Crippen LogP contribution in [-0.4, -0.2) is 48.6 Å². The van der Waals surface area contributed by atoms with Crippen molar-refractivity contribution in [2.45, 2.75) is 33.4 Å². The SMILES string of the molecule is CCOc1cccc(C(C)NC(=O)N2CCN(Cc3cccc(C)c3)CC2)c1. The Labute approximate surface area is 168 Å². The first kappa shape index (κ1) is 20.2. The predicted molar refractivity (Wildman–Crippen MR) is 113 cm³/mol. The molecule has 1 aliphatic heterocycles. The summed E-state index contributed by atoms with van der Waals surface area (Å²) in [7, 11) is 0. The van der Waals surface area contributed by atoms with Crippen molar-refractivity contribution in [2.75, 3.05) is 32.8 Å². The quantitative estimate of drug-likeness (QED) is 0.823. The molecule has 3 rings (SSSR count). The summed E-state index contributed by atoms with van der Waals surface area (Å²) >= 11 is 0. The summed E-state index contributed by atoms with van der Waals surface area (Å²) in [5.41, 5.74) is 3.68. The Morgan fingerprint density at radius 2 is 1.86 bits per heavy atom. The van der Waals surface area contributed by atoms with Crippen molar-refractivity contribution in [3.05, 3.63) is 65.2 Å². The van der Waals surface area contributed by atoms with Gasteiger partial charge >= 0.3 is 6.03 Å². The minimum Gasteiger partial charge on any atom is -0.494 e. The van der Waals surface area contributed by atoms with Crippen molar-refractivity contribution in [3.8, 4) is 5.75 Å². The van der Waals surface area contributed by atoms with Gasteiger partial charge in [-0.15, -0.1) is 0 Å². The minimum absolute atomic E-state index is 0.00418. The van der Waals surface area contributed by atoms with E-state index in [9.17, 15) is 4.79 Å². The van der Waals surface area contributed by atoms with Crippen LogP contribution >= 0.6 is 0 Å². The lowest BCUT2D eigenvalue weighted by atomic mass is 10.1. The number of carbonyl (C=O) groups is 1. The molecule has 2 amide bonds. The molecule has 1 aliphatic rings. The number of urea groups is 1. The second kappa shape index (κ2) is 9.60. The van der Waals surface area contributed by atoms with Crippen LogP contribution in [0.5, 0.6) is 5.75 Å². The summed E-state index contributed by atoms with van der Waals surface area (Å²) in [6.07, 6.45) is 0. The predicted octanol–water partition coefficient (Wildman–Crippen LogP) is 3.98. The molecule has 1 saturated heterocycles. The van der Waals surface area contributed by atoms with E-state index >= 15 is 0 Å². The molecule has 0 radical (unpaired) electrons. The maximum atomic E-state index is 12.7. The van der Waals surface area contributed by atoms with Gasteiger partial charge in [-0.25, -0.2) is 4.79 Å². The topological polar surface area (TPSA) is 44.8 Å². The third-order valence-corrected chi connectivity index (χ3v) is 5.16. The van der Waals surface area contributed by atoms with Crippen molar-refractivity contribution in [3.63, 3.8) is 0 Å². The molecular formula is C23H31N3O2. The molecule has 5 nitrogen and oxygen atoms in total. The number of aryl methyl sites for hydroxylation is 1. The van der Waals surface area contributed by atoms with Crippen LogP contribution in [-0.2, 0) is 6.54 Å². The molecule has 0 aliphatic carbocycles. The number of nitrogens with zero attached hydrogens (tertiary/aromatic N) is 2. The van der Waals surface area contributed by atoms with Gasteiger partial charge in [-0.05, 0) is 44.0 Å². The van der Waals surface area contributed by atoms with E-state index < -0.39 is 0 Å². The molecule has 150 valence electrons. The lowest BCUT2D eigenvalue weighted by molar-refractivity contribution is 0.133. The number of nitrogens with one attached hydrogen (secondary N) is 1. The zero-order chi connectivity index (χ0) is 19.9. The third-order valence-electron chi connectivity index (χ3n) is 5.16. The highest BCUT2D eigenvalue weighted by Gasteiger charge is 2.22. The monoisotopic (exact) mass is 381 g/mol. The average molecular weight is 382 g/mol. The van der Waals surface area contributed by atoms with E-state index in [1.165, 1.54) is 11.1 Å². The molecule has 2 aromatic carbocycles. The molecular weight excluding hydrogens is 350 g/mol. The van der Waals surface area contributed by atoms with Gasteiger partial charge in [0.15, 0.2) is 0 Å². The number of piperazine rings is 1. The van der Waals surface area contributed by atoms with Crippen molar-refractivity contribution in [1.29, 1.82) is 0 Å². The van der Waals surface area contributed by atoms with Crippen molar-refractivity contribution in [2.24, 2.45) is 0 Å². The fraction of sp³-hybridized carbons (Fsp3) is 0.435. The van der Waals surface area contributed by atoms with E-state index in [0.717, 1.165) is 44.0 Å². The normalized spacial score (nSPS) is 15.9. The van der Waals surface area contributed by atoms with Crippen LogP contribution in [0, 0.1) is 6.92 Å².